The lowest BCUT2D eigenvalue weighted by atomic mass is 9.65. The van der Waals surface area contributed by atoms with Crippen LogP contribution in [0.25, 0.3) is 0 Å². The zero-order chi connectivity index (χ0) is 19.2. The first-order valence-electron chi connectivity index (χ1n) is 9.08. The van der Waals surface area contributed by atoms with E-state index < -0.39 is 11.5 Å². The minimum atomic E-state index is -0.551. The van der Waals surface area contributed by atoms with Gasteiger partial charge in [-0.3, -0.25) is 4.79 Å². The summed E-state index contributed by atoms with van der Waals surface area (Å²) >= 11 is 0. The molecule has 2 heterocycles. The van der Waals surface area contributed by atoms with Crippen molar-refractivity contribution in [3.63, 3.8) is 0 Å². The predicted octanol–water partition coefficient (Wildman–Crippen LogP) is 3.53. The quantitative estimate of drug-likeness (QED) is 0.737. The van der Waals surface area contributed by atoms with E-state index in [2.05, 4.69) is 13.5 Å². The highest BCUT2D eigenvalue weighted by Gasteiger charge is 2.58. The topological polar surface area (TPSA) is 63.2 Å². The highest BCUT2D eigenvalue weighted by Crippen LogP contribution is 2.60. The molecule has 144 valence electrons. The number of carbonyl (C=O) groups excluding carboxylic acids is 1. The third-order valence-corrected chi connectivity index (χ3v) is 6.02. The Kier molecular flexibility index (Phi) is 4.38. The number of methoxy groups -OCH3 is 2. The van der Waals surface area contributed by atoms with E-state index in [1.807, 2.05) is 24.3 Å². The molecule has 0 N–H and O–H groups in total. The highest BCUT2D eigenvalue weighted by atomic mass is 16.7. The van der Waals surface area contributed by atoms with Crippen LogP contribution in [0.3, 0.4) is 0 Å². The van der Waals surface area contributed by atoms with Crippen LogP contribution in [0.5, 0.6) is 11.5 Å². The molecule has 0 aromatic heterocycles. The van der Waals surface area contributed by atoms with Crippen molar-refractivity contribution in [3.05, 3.63) is 47.9 Å². The molecular weight excluding hydrogens is 348 g/mol. The molecule has 6 heteroatoms. The van der Waals surface area contributed by atoms with Gasteiger partial charge in [0, 0.05) is 18.4 Å². The van der Waals surface area contributed by atoms with Gasteiger partial charge in [0.1, 0.15) is 18.0 Å². The molecular formula is C21H24O6. The van der Waals surface area contributed by atoms with Gasteiger partial charge in [0.05, 0.1) is 7.11 Å². The average molecular weight is 372 g/mol. The van der Waals surface area contributed by atoms with E-state index in [-0.39, 0.29) is 30.4 Å². The van der Waals surface area contributed by atoms with Crippen molar-refractivity contribution in [2.45, 2.75) is 32.0 Å². The lowest BCUT2D eigenvalue weighted by Gasteiger charge is -2.38. The van der Waals surface area contributed by atoms with Crippen molar-refractivity contribution in [1.29, 1.82) is 0 Å². The molecule has 1 fully saturated rings. The normalized spacial score (nSPS) is 31.5. The summed E-state index contributed by atoms with van der Waals surface area (Å²) in [6.07, 6.45) is 2.30. The van der Waals surface area contributed by atoms with Crippen LogP contribution in [-0.4, -0.2) is 32.9 Å². The van der Waals surface area contributed by atoms with Crippen molar-refractivity contribution in [2.24, 2.45) is 11.3 Å². The summed E-state index contributed by atoms with van der Waals surface area (Å²) in [5.74, 6) is 2.22. The third kappa shape index (κ3) is 2.54. The van der Waals surface area contributed by atoms with Crippen LogP contribution in [0.4, 0.5) is 0 Å². The zero-order valence-corrected chi connectivity index (χ0v) is 15.8. The molecule has 4 atom stereocenters. The van der Waals surface area contributed by atoms with E-state index in [1.54, 1.807) is 7.11 Å². The van der Waals surface area contributed by atoms with Gasteiger partial charge in [-0.1, -0.05) is 19.1 Å². The summed E-state index contributed by atoms with van der Waals surface area (Å²) in [7, 11) is 3.05. The summed E-state index contributed by atoms with van der Waals surface area (Å²) < 4.78 is 28.2. The number of ether oxygens (including phenoxy) is 5. The van der Waals surface area contributed by atoms with Crippen LogP contribution in [0.2, 0.25) is 0 Å². The summed E-state index contributed by atoms with van der Waals surface area (Å²) in [6, 6.07) is 5.83. The first-order chi connectivity index (χ1) is 13.1. The van der Waals surface area contributed by atoms with Gasteiger partial charge in [0.25, 0.3) is 0 Å². The molecule has 0 bridgehead atoms. The van der Waals surface area contributed by atoms with Gasteiger partial charge >= 0.3 is 0 Å². The maximum atomic E-state index is 12.7. The number of hydrogen-bond acceptors (Lipinski definition) is 6. The molecule has 2 aliphatic heterocycles. The van der Waals surface area contributed by atoms with Gasteiger partial charge in [-0.25, -0.2) is 0 Å². The average Bonchev–Trinajstić information content (AvgIpc) is 3.25. The molecule has 6 nitrogen and oxygen atoms in total. The molecule has 1 saturated heterocycles. The summed E-state index contributed by atoms with van der Waals surface area (Å²) in [6.45, 7) is 6.29. The van der Waals surface area contributed by atoms with Gasteiger partial charge in [-0.05, 0) is 30.5 Å². The van der Waals surface area contributed by atoms with Gasteiger partial charge < -0.3 is 23.7 Å². The standard InChI is InChI=1S/C21H24O6/c1-5-8-21-10-16(23-3)17(22)19(24-4)20(21)27-18(12(21)2)13-6-7-14-15(9-13)26-11-25-14/h5-7,9,12,16,18H,1,8,10-11H2,2-4H3/t12-,16-,18+,21+/m0/s1. The predicted molar refractivity (Wildman–Crippen MR) is 97.3 cm³/mol. The molecule has 27 heavy (non-hydrogen) atoms. The van der Waals surface area contributed by atoms with Gasteiger partial charge in [0.15, 0.2) is 11.5 Å². The molecule has 0 unspecified atom stereocenters. The van der Waals surface area contributed by atoms with E-state index in [9.17, 15) is 4.79 Å². The van der Waals surface area contributed by atoms with Crippen molar-refractivity contribution < 1.29 is 28.5 Å². The Morgan fingerprint density at radius 1 is 1.30 bits per heavy atom. The monoisotopic (exact) mass is 372 g/mol. The second kappa shape index (κ2) is 6.60. The Morgan fingerprint density at radius 2 is 2.07 bits per heavy atom. The number of fused-ring (bicyclic) bond motifs is 2. The maximum absolute atomic E-state index is 12.7. The molecule has 1 aromatic rings. The number of Topliss-reactive ketones (excluding diaryl/α,β-unsaturated/α-hetero) is 1. The van der Waals surface area contributed by atoms with Crippen LogP contribution in [0, 0.1) is 11.3 Å². The van der Waals surface area contributed by atoms with Gasteiger partial charge in [0.2, 0.25) is 18.3 Å². The minimum Gasteiger partial charge on any atom is -0.490 e. The Hall–Kier alpha value is -2.47. The molecule has 0 saturated carbocycles. The fourth-order valence-corrected chi connectivity index (χ4v) is 4.53. The van der Waals surface area contributed by atoms with Crippen LogP contribution in [0.1, 0.15) is 31.4 Å². The van der Waals surface area contributed by atoms with Crippen molar-refractivity contribution in [3.8, 4) is 11.5 Å². The first kappa shape index (κ1) is 17.9. The number of ketones is 1. The molecule has 1 aliphatic carbocycles. The van der Waals surface area contributed by atoms with Gasteiger partial charge in [-0.2, -0.15) is 0 Å². The van der Waals surface area contributed by atoms with E-state index in [1.165, 1.54) is 7.11 Å². The number of hydrogen-bond donors (Lipinski definition) is 0. The Balaban J connectivity index is 1.80. The summed E-state index contributed by atoms with van der Waals surface area (Å²) in [4.78, 5) is 12.7. The zero-order valence-electron chi connectivity index (χ0n) is 15.8. The van der Waals surface area contributed by atoms with Crippen LogP contribution in [0.15, 0.2) is 42.4 Å². The van der Waals surface area contributed by atoms with Crippen LogP contribution in [-0.2, 0) is 19.0 Å². The van der Waals surface area contributed by atoms with E-state index in [4.69, 9.17) is 23.7 Å². The number of rotatable bonds is 5. The second-order valence-electron chi connectivity index (χ2n) is 7.24. The summed E-state index contributed by atoms with van der Waals surface area (Å²) in [5, 5.41) is 0. The number of benzene rings is 1. The Morgan fingerprint density at radius 3 is 2.78 bits per heavy atom. The first-order valence-corrected chi connectivity index (χ1v) is 9.08. The van der Waals surface area contributed by atoms with Crippen LogP contribution >= 0.6 is 0 Å². The molecule has 4 rings (SSSR count). The molecule has 0 amide bonds. The Labute approximate surface area is 158 Å². The molecule has 0 spiro atoms. The smallest absolute Gasteiger partial charge is 0.231 e. The lowest BCUT2D eigenvalue weighted by molar-refractivity contribution is -0.132. The maximum Gasteiger partial charge on any atom is 0.231 e. The Bertz CT molecular complexity index is 813. The fraction of sp³-hybridized carbons (Fsp3) is 0.476. The second-order valence-corrected chi connectivity index (χ2v) is 7.24. The number of carbonyl (C=O) groups is 1. The van der Waals surface area contributed by atoms with E-state index >= 15 is 0 Å². The van der Waals surface area contributed by atoms with Crippen molar-refractivity contribution >= 4 is 5.78 Å². The van der Waals surface area contributed by atoms with Crippen molar-refractivity contribution in [1.82, 2.24) is 0 Å². The SMILES string of the molecule is C=CC[C@]12C[C@H](OC)C(=O)C(OC)=C1O[C@@H](c1ccc3c(c1)OCO3)[C@@H]2C. The number of allylic oxidation sites excluding steroid dienone is 2. The van der Waals surface area contributed by atoms with Crippen LogP contribution < -0.4 is 9.47 Å². The highest BCUT2D eigenvalue weighted by molar-refractivity contribution is 5.99. The summed E-state index contributed by atoms with van der Waals surface area (Å²) in [5.41, 5.74) is 0.580. The molecule has 1 aromatic carbocycles. The van der Waals surface area contributed by atoms with E-state index in [0.717, 1.165) is 11.3 Å². The lowest BCUT2D eigenvalue weighted by Crippen LogP contribution is -2.42. The van der Waals surface area contributed by atoms with Crippen molar-refractivity contribution in [2.75, 3.05) is 21.0 Å². The molecule has 3 aliphatic rings. The largest absolute Gasteiger partial charge is 0.490 e. The third-order valence-electron chi connectivity index (χ3n) is 6.02. The minimum absolute atomic E-state index is 0.0850. The van der Waals surface area contributed by atoms with Gasteiger partial charge in [-0.15, -0.1) is 6.58 Å². The molecule has 0 radical (unpaired) electrons. The fourth-order valence-electron chi connectivity index (χ4n) is 4.53. The van der Waals surface area contributed by atoms with E-state index in [0.29, 0.717) is 24.4 Å².